The Hall–Kier alpha value is -0.930. The quantitative estimate of drug-likeness (QED) is 0.333. The molecule has 54 valence electrons. The third-order valence-electron chi connectivity index (χ3n) is 1.76. The van der Waals surface area contributed by atoms with Gasteiger partial charge in [0.2, 0.25) is 21.9 Å². The van der Waals surface area contributed by atoms with Crippen molar-refractivity contribution in [2.75, 3.05) is 0 Å². The van der Waals surface area contributed by atoms with Gasteiger partial charge in [-0.3, -0.25) is 9.59 Å². The summed E-state index contributed by atoms with van der Waals surface area (Å²) in [5.74, 6) is -0.495. The van der Waals surface area contributed by atoms with Crippen molar-refractivity contribution in [3.63, 3.8) is 0 Å². The predicted molar refractivity (Wildman–Crippen MR) is 39.7 cm³/mol. The van der Waals surface area contributed by atoms with E-state index in [-0.39, 0.29) is 0 Å². The summed E-state index contributed by atoms with van der Waals surface area (Å²) in [6.07, 6.45) is 0. The Morgan fingerprint density at radius 2 is 1.73 bits per heavy atom. The number of nitrogens with zero attached hydrogens (tertiary/aromatic N) is 2. The summed E-state index contributed by atoms with van der Waals surface area (Å²) in [4.78, 5) is 23.3. The lowest BCUT2D eigenvalue weighted by molar-refractivity contribution is -0.127. The van der Waals surface area contributed by atoms with E-state index in [0.717, 1.165) is 4.81 Å². The number of carbonyl (C=O) groups excluding carboxylic acids is 2. The maximum Gasteiger partial charge on any atom is 0.301 e. The van der Waals surface area contributed by atoms with Crippen LogP contribution in [-0.4, -0.2) is 43.1 Å². The number of carbonyl (C=O) groups is 2. The molecule has 1 heterocycles. The molecule has 1 rings (SSSR count). The van der Waals surface area contributed by atoms with E-state index >= 15 is 0 Å². The fourth-order valence-corrected chi connectivity index (χ4v) is 0.840. The molecule has 0 aromatic carbocycles. The van der Waals surface area contributed by atoms with Crippen molar-refractivity contribution >= 4 is 27.9 Å². The first-order valence-electron chi connectivity index (χ1n) is 3.07. The molecule has 1 saturated heterocycles. The van der Waals surface area contributed by atoms with Crippen LogP contribution in [0.4, 0.5) is 4.79 Å². The zero-order valence-electron chi connectivity index (χ0n) is 6.37. The number of hydrogen-bond donors (Lipinski definition) is 0. The van der Waals surface area contributed by atoms with E-state index in [1.165, 1.54) is 13.8 Å². The maximum atomic E-state index is 11.1. The van der Waals surface area contributed by atoms with Gasteiger partial charge in [0.15, 0.2) is 0 Å². The highest BCUT2D eigenvalue weighted by Gasteiger charge is 2.45. The van der Waals surface area contributed by atoms with Gasteiger partial charge in [-0.2, -0.15) is 0 Å². The van der Waals surface area contributed by atoms with Gasteiger partial charge in [0.25, 0.3) is 0 Å². The van der Waals surface area contributed by atoms with Gasteiger partial charge in [-0.05, 0) is 13.8 Å². The summed E-state index contributed by atoms with van der Waals surface area (Å²) in [5.41, 5.74) is -1.02. The van der Waals surface area contributed by atoms with Crippen LogP contribution in [-0.2, 0) is 4.79 Å². The molecule has 4 nitrogen and oxygen atoms in total. The molecular weight excluding hydrogens is 142 g/mol. The second-order valence-electron chi connectivity index (χ2n) is 2.89. The Bertz CT molecular complexity index is 229. The summed E-state index contributed by atoms with van der Waals surface area (Å²) < 4.78 is 0. The molecule has 0 unspecified atom stereocenters. The second kappa shape index (κ2) is 2.03. The van der Waals surface area contributed by atoms with Crippen LogP contribution in [0.2, 0.25) is 0 Å². The van der Waals surface area contributed by atoms with Crippen molar-refractivity contribution in [3.8, 4) is 0 Å². The summed E-state index contributed by atoms with van der Waals surface area (Å²) in [7, 11) is 10.4. The van der Waals surface area contributed by atoms with Gasteiger partial charge in [0.1, 0.15) is 5.54 Å². The van der Waals surface area contributed by atoms with Crippen LogP contribution in [0.25, 0.3) is 0 Å². The molecule has 3 amide bonds. The Balaban J connectivity index is 3.06. The number of hydrogen-bond acceptors (Lipinski definition) is 2. The van der Waals surface area contributed by atoms with Crippen LogP contribution in [0, 0.1) is 0 Å². The van der Waals surface area contributed by atoms with Gasteiger partial charge in [-0.15, -0.1) is 0 Å². The van der Waals surface area contributed by atoms with Crippen LogP contribution in [0.3, 0.4) is 0 Å². The summed E-state index contributed by atoms with van der Waals surface area (Å²) in [5, 5.41) is 0. The van der Waals surface area contributed by atoms with Crippen molar-refractivity contribution < 1.29 is 9.59 Å². The first-order chi connectivity index (χ1) is 4.89. The molecule has 4 radical (unpaired) electrons. The van der Waals surface area contributed by atoms with E-state index in [0.29, 0.717) is 4.81 Å². The lowest BCUT2D eigenvalue weighted by atomic mass is 10.0. The van der Waals surface area contributed by atoms with Crippen molar-refractivity contribution in [2.45, 2.75) is 19.4 Å². The number of urea groups is 1. The highest BCUT2D eigenvalue weighted by Crippen LogP contribution is 2.22. The standard InChI is InChI=1S/C5H6B2N2O2/c1-5(2)3(10)8(6)4(11)9(5)7/h1-2H3. The summed E-state index contributed by atoms with van der Waals surface area (Å²) in [6.45, 7) is 3.06. The zero-order chi connectivity index (χ0) is 8.81. The first kappa shape index (κ1) is 8.17. The zero-order valence-corrected chi connectivity index (χ0v) is 6.37. The van der Waals surface area contributed by atoms with Gasteiger partial charge >= 0.3 is 6.03 Å². The van der Waals surface area contributed by atoms with Gasteiger partial charge in [-0.25, -0.2) is 0 Å². The van der Waals surface area contributed by atoms with Crippen LogP contribution >= 0.6 is 0 Å². The monoisotopic (exact) mass is 148 g/mol. The van der Waals surface area contributed by atoms with Crippen molar-refractivity contribution in [2.24, 2.45) is 0 Å². The van der Waals surface area contributed by atoms with Crippen LogP contribution in [0.5, 0.6) is 0 Å². The Labute approximate surface area is 67.4 Å². The predicted octanol–water partition coefficient (Wildman–Crippen LogP) is -0.804. The molecule has 1 fully saturated rings. The molecule has 0 saturated carbocycles. The van der Waals surface area contributed by atoms with Crippen molar-refractivity contribution in [1.82, 2.24) is 9.62 Å². The molecule has 6 heteroatoms. The topological polar surface area (TPSA) is 40.6 Å². The Kier molecular flexibility index (Phi) is 1.51. The largest absolute Gasteiger partial charge is 0.367 e. The molecule has 1 aliphatic rings. The molecule has 0 aromatic rings. The van der Waals surface area contributed by atoms with Crippen molar-refractivity contribution in [1.29, 1.82) is 0 Å². The normalized spacial score (nSPS) is 23.1. The molecule has 11 heavy (non-hydrogen) atoms. The van der Waals surface area contributed by atoms with E-state index in [4.69, 9.17) is 16.0 Å². The molecule has 0 bridgehead atoms. The molecule has 0 spiro atoms. The lowest BCUT2D eigenvalue weighted by Gasteiger charge is -2.23. The smallest absolute Gasteiger partial charge is 0.301 e. The molecular formula is C5H6B2N2O2. The Morgan fingerprint density at radius 1 is 1.27 bits per heavy atom. The summed E-state index contributed by atoms with van der Waals surface area (Å²) in [6, 6.07) is -0.681. The van der Waals surface area contributed by atoms with E-state index < -0.39 is 17.5 Å². The fraction of sp³-hybridized carbons (Fsp3) is 0.600. The minimum Gasteiger partial charge on any atom is -0.367 e. The SMILES string of the molecule is [B]N1C(=O)N([B])C(C)(C)C1=O. The average molecular weight is 148 g/mol. The average Bonchev–Trinajstić information content (AvgIpc) is 2.06. The highest BCUT2D eigenvalue weighted by molar-refractivity contribution is 6.34. The molecule has 1 aliphatic heterocycles. The third kappa shape index (κ3) is 0.852. The number of amides is 3. The minimum absolute atomic E-state index is 0.495. The summed E-state index contributed by atoms with van der Waals surface area (Å²) >= 11 is 0. The van der Waals surface area contributed by atoms with E-state index in [1.54, 1.807) is 0 Å². The maximum absolute atomic E-state index is 11.1. The third-order valence-corrected chi connectivity index (χ3v) is 1.76. The van der Waals surface area contributed by atoms with Crippen LogP contribution < -0.4 is 0 Å². The van der Waals surface area contributed by atoms with E-state index in [2.05, 4.69) is 0 Å². The first-order valence-corrected chi connectivity index (χ1v) is 3.07. The number of imide groups is 1. The molecule has 0 atom stereocenters. The van der Waals surface area contributed by atoms with Gasteiger partial charge in [0, 0.05) is 0 Å². The van der Waals surface area contributed by atoms with Crippen molar-refractivity contribution in [3.05, 3.63) is 0 Å². The molecule has 0 aromatic heterocycles. The number of rotatable bonds is 0. The second-order valence-corrected chi connectivity index (χ2v) is 2.89. The minimum atomic E-state index is -1.02. The highest BCUT2D eigenvalue weighted by atomic mass is 16.2. The van der Waals surface area contributed by atoms with Gasteiger partial charge < -0.3 is 9.62 Å². The van der Waals surface area contributed by atoms with E-state index in [9.17, 15) is 9.59 Å². The molecule has 0 aliphatic carbocycles. The van der Waals surface area contributed by atoms with Gasteiger partial charge in [-0.1, -0.05) is 0 Å². The van der Waals surface area contributed by atoms with Crippen LogP contribution in [0.15, 0.2) is 0 Å². The van der Waals surface area contributed by atoms with Gasteiger partial charge in [0.05, 0.1) is 0 Å². The van der Waals surface area contributed by atoms with Crippen LogP contribution in [0.1, 0.15) is 13.8 Å². The van der Waals surface area contributed by atoms with E-state index in [1.807, 2.05) is 0 Å². The Morgan fingerprint density at radius 3 is 1.82 bits per heavy atom. The lowest BCUT2D eigenvalue weighted by Crippen LogP contribution is -2.42. The molecule has 0 N–H and O–H groups in total. The fourth-order valence-electron chi connectivity index (χ4n) is 0.840.